The molecule has 3 aromatic carbocycles. The summed E-state index contributed by atoms with van der Waals surface area (Å²) in [7, 11) is 0. The van der Waals surface area contributed by atoms with Crippen molar-refractivity contribution in [2.45, 2.75) is 6.42 Å². The predicted octanol–water partition coefficient (Wildman–Crippen LogP) is 4.32. The van der Waals surface area contributed by atoms with E-state index in [1.807, 2.05) is 36.4 Å². The number of benzene rings is 3. The fourth-order valence-corrected chi connectivity index (χ4v) is 3.11. The normalized spacial score (nSPS) is 13.4. The molecule has 2 nitrogen and oxygen atoms in total. The molecule has 0 N–H and O–H groups in total. The van der Waals surface area contributed by atoms with Crippen molar-refractivity contribution in [3.8, 4) is 0 Å². The first-order valence-corrected chi connectivity index (χ1v) is 7.42. The molecule has 0 fully saturated rings. The van der Waals surface area contributed by atoms with E-state index in [9.17, 15) is 13.6 Å². The van der Waals surface area contributed by atoms with Gasteiger partial charge < -0.3 is 4.90 Å². The molecule has 0 atom stereocenters. The summed E-state index contributed by atoms with van der Waals surface area (Å²) in [5.41, 5.74) is 1.25. The van der Waals surface area contributed by atoms with Gasteiger partial charge in [-0.05, 0) is 35.4 Å². The van der Waals surface area contributed by atoms with Gasteiger partial charge in [0.15, 0.2) is 0 Å². The van der Waals surface area contributed by atoms with Crippen LogP contribution in [0.25, 0.3) is 10.8 Å². The van der Waals surface area contributed by atoms with Crippen molar-refractivity contribution < 1.29 is 13.6 Å². The molecule has 1 aliphatic heterocycles. The Labute approximate surface area is 132 Å². The maximum Gasteiger partial charge on any atom is 0.258 e. The summed E-state index contributed by atoms with van der Waals surface area (Å²) in [5, 5.41) is 2.01. The zero-order valence-corrected chi connectivity index (χ0v) is 12.2. The Morgan fingerprint density at radius 1 is 0.957 bits per heavy atom. The van der Waals surface area contributed by atoms with Crippen LogP contribution in [-0.4, -0.2) is 12.5 Å². The minimum absolute atomic E-state index is 0.237. The Morgan fingerprint density at radius 2 is 1.74 bits per heavy atom. The fraction of sp³-hybridized carbons (Fsp3) is 0.105. The smallest absolute Gasteiger partial charge is 0.258 e. The lowest BCUT2D eigenvalue weighted by atomic mass is 10.1. The van der Waals surface area contributed by atoms with Gasteiger partial charge in [-0.1, -0.05) is 30.3 Å². The molecule has 0 bridgehead atoms. The van der Waals surface area contributed by atoms with Gasteiger partial charge in [-0.3, -0.25) is 4.79 Å². The first-order valence-electron chi connectivity index (χ1n) is 7.42. The Balaban J connectivity index is 1.76. The molecule has 1 heterocycles. The number of hydrogen-bond acceptors (Lipinski definition) is 1. The summed E-state index contributed by atoms with van der Waals surface area (Å²) in [6.07, 6.45) is 0.404. The molecule has 0 saturated heterocycles. The molecular formula is C19H13F2NO. The average molecular weight is 309 g/mol. The van der Waals surface area contributed by atoms with Gasteiger partial charge in [0.05, 0.1) is 5.69 Å². The van der Waals surface area contributed by atoms with E-state index in [1.54, 1.807) is 6.07 Å². The van der Waals surface area contributed by atoms with E-state index in [2.05, 4.69) is 0 Å². The molecule has 23 heavy (non-hydrogen) atoms. The van der Waals surface area contributed by atoms with Crippen LogP contribution in [0.5, 0.6) is 0 Å². The molecule has 1 amide bonds. The number of fused-ring (bicyclic) bond motifs is 2. The van der Waals surface area contributed by atoms with E-state index in [4.69, 9.17) is 0 Å². The molecular weight excluding hydrogens is 296 g/mol. The molecule has 1 aliphatic rings. The SMILES string of the molecule is O=C(c1ccc2ccccc2c1)N1CCc2c(F)cc(F)cc21. The van der Waals surface area contributed by atoms with Gasteiger partial charge in [0.1, 0.15) is 11.6 Å². The van der Waals surface area contributed by atoms with Gasteiger partial charge >= 0.3 is 0 Å². The van der Waals surface area contributed by atoms with Crippen LogP contribution in [0.1, 0.15) is 15.9 Å². The standard InChI is InChI=1S/C19H13F2NO/c20-15-10-17(21)16-7-8-22(18(16)11-15)19(23)14-6-5-12-3-1-2-4-13(12)9-14/h1-6,9-11H,7-8H2. The average Bonchev–Trinajstić information content (AvgIpc) is 2.97. The van der Waals surface area contributed by atoms with E-state index in [-0.39, 0.29) is 5.91 Å². The highest BCUT2D eigenvalue weighted by atomic mass is 19.1. The molecule has 0 spiro atoms. The largest absolute Gasteiger partial charge is 0.308 e. The third-order valence-corrected chi connectivity index (χ3v) is 4.25. The molecule has 4 rings (SSSR count). The van der Waals surface area contributed by atoms with E-state index in [0.717, 1.165) is 16.8 Å². The van der Waals surface area contributed by atoms with Gasteiger partial charge in [0.25, 0.3) is 5.91 Å². The van der Waals surface area contributed by atoms with Crippen molar-refractivity contribution in [3.63, 3.8) is 0 Å². The molecule has 3 aromatic rings. The lowest BCUT2D eigenvalue weighted by molar-refractivity contribution is 0.0989. The Morgan fingerprint density at radius 3 is 2.57 bits per heavy atom. The van der Waals surface area contributed by atoms with Gasteiger partial charge in [-0.2, -0.15) is 0 Å². The highest BCUT2D eigenvalue weighted by molar-refractivity contribution is 6.09. The highest BCUT2D eigenvalue weighted by Crippen LogP contribution is 2.32. The number of nitrogens with zero attached hydrogens (tertiary/aromatic N) is 1. The first-order chi connectivity index (χ1) is 11.1. The van der Waals surface area contributed by atoms with Gasteiger partial charge in [0, 0.05) is 23.7 Å². The van der Waals surface area contributed by atoms with E-state index < -0.39 is 11.6 Å². The zero-order valence-electron chi connectivity index (χ0n) is 12.2. The molecule has 0 saturated carbocycles. The fourth-order valence-electron chi connectivity index (χ4n) is 3.11. The number of carbonyl (C=O) groups excluding carboxylic acids is 1. The topological polar surface area (TPSA) is 20.3 Å². The second kappa shape index (κ2) is 5.16. The summed E-state index contributed by atoms with van der Waals surface area (Å²) in [6.45, 7) is 0.362. The molecule has 0 unspecified atom stereocenters. The van der Waals surface area contributed by atoms with Crippen LogP contribution < -0.4 is 4.90 Å². The van der Waals surface area contributed by atoms with Crippen molar-refractivity contribution in [1.29, 1.82) is 0 Å². The van der Waals surface area contributed by atoms with Crippen LogP contribution >= 0.6 is 0 Å². The van der Waals surface area contributed by atoms with E-state index in [0.29, 0.717) is 29.8 Å². The lowest BCUT2D eigenvalue weighted by Gasteiger charge is -2.18. The van der Waals surface area contributed by atoms with Crippen LogP contribution in [0.3, 0.4) is 0 Å². The molecule has 114 valence electrons. The van der Waals surface area contributed by atoms with Crippen molar-refractivity contribution in [2.24, 2.45) is 0 Å². The Bertz CT molecular complexity index is 936. The molecule has 4 heteroatoms. The minimum Gasteiger partial charge on any atom is -0.308 e. The molecule has 0 aliphatic carbocycles. The van der Waals surface area contributed by atoms with Gasteiger partial charge in [-0.25, -0.2) is 8.78 Å². The highest BCUT2D eigenvalue weighted by Gasteiger charge is 2.28. The summed E-state index contributed by atoms with van der Waals surface area (Å²) < 4.78 is 27.3. The summed E-state index contributed by atoms with van der Waals surface area (Å²) in [6, 6.07) is 15.3. The maximum atomic E-state index is 13.8. The second-order valence-corrected chi connectivity index (χ2v) is 5.65. The third-order valence-electron chi connectivity index (χ3n) is 4.25. The number of carbonyl (C=O) groups is 1. The number of rotatable bonds is 1. The second-order valence-electron chi connectivity index (χ2n) is 5.65. The van der Waals surface area contributed by atoms with Crippen LogP contribution in [0.4, 0.5) is 14.5 Å². The Kier molecular flexibility index (Phi) is 3.11. The van der Waals surface area contributed by atoms with Crippen molar-refractivity contribution in [2.75, 3.05) is 11.4 Å². The van der Waals surface area contributed by atoms with E-state index in [1.165, 1.54) is 11.0 Å². The number of hydrogen-bond donors (Lipinski definition) is 0. The predicted molar refractivity (Wildman–Crippen MR) is 85.7 cm³/mol. The van der Waals surface area contributed by atoms with Crippen LogP contribution in [0, 0.1) is 11.6 Å². The monoisotopic (exact) mass is 309 g/mol. The quantitative estimate of drug-likeness (QED) is 0.655. The van der Waals surface area contributed by atoms with Crippen LogP contribution in [0.2, 0.25) is 0 Å². The van der Waals surface area contributed by atoms with Crippen molar-refractivity contribution in [3.05, 3.63) is 77.4 Å². The first kappa shape index (κ1) is 13.9. The number of halogens is 2. The summed E-state index contributed by atoms with van der Waals surface area (Å²) in [5.74, 6) is -1.49. The molecule has 0 radical (unpaired) electrons. The van der Waals surface area contributed by atoms with E-state index >= 15 is 0 Å². The number of amides is 1. The van der Waals surface area contributed by atoms with Gasteiger partial charge in [-0.15, -0.1) is 0 Å². The van der Waals surface area contributed by atoms with Crippen LogP contribution in [-0.2, 0) is 6.42 Å². The third kappa shape index (κ3) is 2.27. The number of anilines is 1. The maximum absolute atomic E-state index is 13.8. The van der Waals surface area contributed by atoms with Crippen molar-refractivity contribution >= 4 is 22.4 Å². The summed E-state index contributed by atoms with van der Waals surface area (Å²) in [4.78, 5) is 14.2. The lowest BCUT2D eigenvalue weighted by Crippen LogP contribution is -2.28. The summed E-state index contributed by atoms with van der Waals surface area (Å²) >= 11 is 0. The Hall–Kier alpha value is -2.75. The minimum atomic E-state index is -0.667. The van der Waals surface area contributed by atoms with Crippen molar-refractivity contribution in [1.82, 2.24) is 0 Å². The zero-order chi connectivity index (χ0) is 16.0. The van der Waals surface area contributed by atoms with Crippen LogP contribution in [0.15, 0.2) is 54.6 Å². The van der Waals surface area contributed by atoms with Gasteiger partial charge in [0.2, 0.25) is 0 Å². The molecule has 0 aromatic heterocycles.